The Morgan fingerprint density at radius 1 is 0.908 bits per heavy atom. The second-order valence-corrected chi connectivity index (χ2v) is 21.4. The molecule has 4 aliphatic rings. The first-order chi connectivity index (χ1) is 36.7. The lowest BCUT2D eigenvalue weighted by Gasteiger charge is -2.38. The number of hydrogen-bond donors (Lipinski definition) is 4. The second kappa shape index (κ2) is 26.0. The van der Waals surface area contributed by atoms with Crippen molar-refractivity contribution in [3.8, 4) is 5.75 Å². The molecule has 8 rings (SSSR count). The monoisotopic (exact) mass is 1070 g/mol. The molecule has 4 N–H and O–H groups in total. The number of fused-ring (bicyclic) bond motifs is 2. The first-order valence-corrected chi connectivity index (χ1v) is 27.8. The largest absolute Gasteiger partial charge is 0.489 e. The third kappa shape index (κ3) is 13.9. The Morgan fingerprint density at radius 2 is 1.63 bits per heavy atom. The lowest BCUT2D eigenvalue weighted by molar-refractivity contribution is -0.139. The molecule has 2 bridgehead atoms. The van der Waals surface area contributed by atoms with Crippen LogP contribution in [0.25, 0.3) is 5.65 Å². The molecule has 6 heterocycles. The van der Waals surface area contributed by atoms with Crippen molar-refractivity contribution in [3.63, 3.8) is 0 Å². The molecule has 76 heavy (non-hydrogen) atoms. The van der Waals surface area contributed by atoms with Crippen molar-refractivity contribution in [1.29, 1.82) is 0 Å². The van der Waals surface area contributed by atoms with Gasteiger partial charge in [-0.15, -0.1) is 11.8 Å². The molecule has 2 fully saturated rings. The number of rotatable bonds is 20. The molecule has 0 spiro atoms. The van der Waals surface area contributed by atoms with Gasteiger partial charge in [-0.25, -0.2) is 18.3 Å². The highest BCUT2D eigenvalue weighted by Gasteiger charge is 2.43. The fourth-order valence-corrected chi connectivity index (χ4v) is 11.7. The number of hydrogen-bond acceptors (Lipinski definition) is 13. The summed E-state index contributed by atoms with van der Waals surface area (Å²) in [7, 11) is 1.69. The van der Waals surface area contributed by atoms with E-state index in [-0.39, 0.29) is 73.0 Å². The standard InChI is InChI=1S/C55H71F2N11O7S/c1-34-32-66(54(73)42-31-60-68-28-23-46(63-51(42)68)61-35(2)41-30-40(57)19-20-45(41)75-34)29-24-59-47(69)13-9-7-5-6-8-10-14-48(70)65-26-21-37(22-27-65)49(64-52(72)36(3)58-4)55(74)67-25-11-12-44(67)53-62-43(33-76-53)50(71)38-15-17-39(56)18-16-38/h15-20,23,28,30-31,34-37,43-44,49,58H,5-14,21-22,24-27,29,32-33H2,1-4H3,(H,59,69)(H,61,63)(H,64,72)/t34-,35?,36-,43?,44-,49-/m0/s1. The van der Waals surface area contributed by atoms with Gasteiger partial charge in [0.15, 0.2) is 11.4 Å². The van der Waals surface area contributed by atoms with Crippen LogP contribution in [-0.2, 0) is 19.2 Å². The number of ketones is 1. The van der Waals surface area contributed by atoms with Crippen LogP contribution >= 0.6 is 11.8 Å². The molecule has 0 radical (unpaired) electrons. The summed E-state index contributed by atoms with van der Waals surface area (Å²) in [5.74, 6) is -0.535. The van der Waals surface area contributed by atoms with E-state index in [1.54, 1.807) is 37.2 Å². The van der Waals surface area contributed by atoms with E-state index in [0.717, 1.165) is 43.6 Å². The van der Waals surface area contributed by atoms with Crippen LogP contribution in [0.4, 0.5) is 14.6 Å². The Balaban J connectivity index is 0.744. The molecular formula is C55H71F2N11O7S. The molecule has 2 aromatic heterocycles. The van der Waals surface area contributed by atoms with Crippen LogP contribution < -0.4 is 26.0 Å². The Hall–Kier alpha value is -6.48. The number of aliphatic imine (C=N–C) groups is 1. The van der Waals surface area contributed by atoms with Crippen molar-refractivity contribution in [1.82, 2.24) is 45.2 Å². The highest BCUT2D eigenvalue weighted by atomic mass is 32.2. The minimum Gasteiger partial charge on any atom is -0.489 e. The SMILES string of the molecule is CN[C@@H](C)C(=O)N[C@H](C(=O)N1CCC[C@H]1C1=NC(C(=O)c2ccc(F)cc2)CS1)C1CCN(C(=O)CCCCCCCCC(=O)NCCN2C[C@H](C)Oc3ccc(F)cc3C(C)Nc3ccn4ncc(c4n3)C2=O)CC1. The maximum Gasteiger partial charge on any atom is 0.259 e. The molecule has 18 nitrogen and oxygen atoms in total. The Labute approximate surface area is 446 Å². The van der Waals surface area contributed by atoms with Crippen molar-refractivity contribution in [2.45, 2.75) is 134 Å². The maximum atomic E-state index is 14.5. The van der Waals surface area contributed by atoms with E-state index in [4.69, 9.17) is 9.73 Å². The number of thioether (sulfide) groups is 1. The minimum atomic E-state index is -0.779. The van der Waals surface area contributed by atoms with Gasteiger partial charge in [-0.05, 0) is 121 Å². The summed E-state index contributed by atoms with van der Waals surface area (Å²) >= 11 is 1.47. The number of carbonyl (C=O) groups is 6. The van der Waals surface area contributed by atoms with Crippen LogP contribution in [-0.4, -0.2) is 152 Å². The van der Waals surface area contributed by atoms with Gasteiger partial charge in [0.05, 0.1) is 35.9 Å². The number of Topliss-reactive ketones (excluding diaryl/α,β-unsaturated/α-hetero) is 1. The number of anilines is 1. The molecule has 4 aliphatic heterocycles. The average molecular weight is 1070 g/mol. The summed E-state index contributed by atoms with van der Waals surface area (Å²) in [6.07, 6.45) is 11.2. The van der Waals surface area contributed by atoms with E-state index < -0.39 is 35.9 Å². The predicted molar refractivity (Wildman–Crippen MR) is 286 cm³/mol. The highest BCUT2D eigenvalue weighted by Crippen LogP contribution is 2.34. The molecule has 5 amide bonds. The van der Waals surface area contributed by atoms with Crippen molar-refractivity contribution in [3.05, 3.63) is 89.2 Å². The molecule has 4 aromatic rings. The zero-order chi connectivity index (χ0) is 53.9. The topological polar surface area (TPSA) is 212 Å². The molecule has 408 valence electrons. The summed E-state index contributed by atoms with van der Waals surface area (Å²) in [5.41, 5.74) is 1.68. The van der Waals surface area contributed by atoms with E-state index in [0.29, 0.717) is 97.8 Å². The van der Waals surface area contributed by atoms with Gasteiger partial charge in [-0.2, -0.15) is 5.10 Å². The first kappa shape index (κ1) is 55.7. The maximum absolute atomic E-state index is 14.5. The van der Waals surface area contributed by atoms with Crippen LogP contribution in [0, 0.1) is 17.6 Å². The zero-order valence-electron chi connectivity index (χ0n) is 43.9. The number of likely N-dealkylation sites (tertiary alicyclic amines) is 2. The summed E-state index contributed by atoms with van der Waals surface area (Å²) in [6.45, 7) is 7.60. The number of benzene rings is 2. The molecule has 6 atom stereocenters. The average Bonchev–Trinajstić information content (AvgIpc) is 4.24. The van der Waals surface area contributed by atoms with Crippen LogP contribution in [0.3, 0.4) is 0 Å². The number of halogens is 2. The van der Waals surface area contributed by atoms with Crippen molar-refractivity contribution in [2.75, 3.05) is 57.4 Å². The van der Waals surface area contributed by atoms with Gasteiger partial charge in [0.25, 0.3) is 5.91 Å². The van der Waals surface area contributed by atoms with Crippen LogP contribution in [0.5, 0.6) is 5.75 Å². The number of aromatic nitrogens is 3. The van der Waals surface area contributed by atoms with Crippen molar-refractivity contribution < 1.29 is 42.3 Å². The molecule has 21 heteroatoms. The number of ether oxygens (including phenoxy) is 1. The third-order valence-electron chi connectivity index (χ3n) is 14.9. The number of amides is 5. The molecule has 2 saturated heterocycles. The third-order valence-corrected chi connectivity index (χ3v) is 16.1. The van der Waals surface area contributed by atoms with Gasteiger partial charge in [0, 0.05) is 68.6 Å². The van der Waals surface area contributed by atoms with Gasteiger partial charge in [0.1, 0.15) is 47.0 Å². The van der Waals surface area contributed by atoms with Gasteiger partial charge in [-0.1, -0.05) is 25.7 Å². The second-order valence-electron chi connectivity index (χ2n) is 20.4. The quantitative estimate of drug-likeness (QED) is 0.0563. The Morgan fingerprint density at radius 3 is 2.38 bits per heavy atom. The van der Waals surface area contributed by atoms with E-state index in [1.165, 1.54) is 58.9 Å². The molecule has 0 saturated carbocycles. The van der Waals surface area contributed by atoms with Crippen LogP contribution in [0.1, 0.15) is 130 Å². The number of nitrogens with zero attached hydrogens (tertiary/aromatic N) is 7. The molecule has 0 aliphatic carbocycles. The van der Waals surface area contributed by atoms with Crippen LogP contribution in [0.2, 0.25) is 0 Å². The Bertz CT molecular complexity index is 2750. The minimum absolute atomic E-state index is 0.0803. The highest BCUT2D eigenvalue weighted by molar-refractivity contribution is 8.14. The fraction of sp³-hybridized carbons (Fsp3) is 0.545. The van der Waals surface area contributed by atoms with Crippen LogP contribution in [0.15, 0.2) is 65.9 Å². The molecule has 2 aromatic carbocycles. The number of likely N-dealkylation sites (N-methyl/N-ethyl adjacent to an activating group) is 1. The van der Waals surface area contributed by atoms with E-state index in [9.17, 15) is 37.5 Å². The van der Waals surface area contributed by atoms with Crippen molar-refractivity contribution in [2.24, 2.45) is 10.9 Å². The molecule has 2 unspecified atom stereocenters. The lowest BCUT2D eigenvalue weighted by atomic mass is 9.87. The summed E-state index contributed by atoms with van der Waals surface area (Å²) in [6, 6.07) is 8.96. The summed E-state index contributed by atoms with van der Waals surface area (Å²) in [5, 5.41) is 17.3. The number of carbonyl (C=O) groups excluding carboxylic acids is 6. The normalized spacial score (nSPS) is 20.9. The fourth-order valence-electron chi connectivity index (χ4n) is 10.5. The van der Waals surface area contributed by atoms with E-state index in [1.807, 2.05) is 23.6 Å². The summed E-state index contributed by atoms with van der Waals surface area (Å²) < 4.78 is 35.8. The zero-order valence-corrected chi connectivity index (χ0v) is 44.7. The Kier molecular flexibility index (Phi) is 19.1. The lowest BCUT2D eigenvalue weighted by Crippen LogP contribution is -2.58. The number of unbranched alkanes of at least 4 members (excludes halogenated alkanes) is 5. The molecular weight excluding hydrogens is 997 g/mol. The first-order valence-electron chi connectivity index (χ1n) is 26.9. The van der Waals surface area contributed by atoms with Gasteiger partial charge < -0.3 is 40.7 Å². The smallest absolute Gasteiger partial charge is 0.259 e. The summed E-state index contributed by atoms with van der Waals surface area (Å²) in [4.78, 5) is 96.0. The van der Waals surface area contributed by atoms with E-state index >= 15 is 0 Å². The van der Waals surface area contributed by atoms with Crippen molar-refractivity contribution >= 4 is 63.6 Å². The van der Waals surface area contributed by atoms with Gasteiger partial charge >= 0.3 is 0 Å². The van der Waals surface area contributed by atoms with E-state index in [2.05, 4.69) is 31.3 Å². The predicted octanol–water partition coefficient (Wildman–Crippen LogP) is 6.36. The number of piperidine rings is 1. The number of nitrogens with one attached hydrogen (secondary N) is 4. The van der Waals surface area contributed by atoms with Gasteiger partial charge in [-0.3, -0.25) is 33.8 Å². The van der Waals surface area contributed by atoms with Gasteiger partial charge in [0.2, 0.25) is 23.6 Å².